The molecule has 0 spiro atoms. The van der Waals surface area contributed by atoms with Crippen LogP contribution in [0.4, 0.5) is 0 Å². The maximum absolute atomic E-state index is 12.3. The Labute approximate surface area is 104 Å². The number of nitrogens with zero attached hydrogens (tertiary/aromatic N) is 1. The molecule has 0 unspecified atom stereocenters. The van der Waals surface area contributed by atoms with Gasteiger partial charge in [-0.25, -0.2) is 4.79 Å². The van der Waals surface area contributed by atoms with E-state index < -0.39 is 5.97 Å². The van der Waals surface area contributed by atoms with Crippen LogP contribution in [0.5, 0.6) is 5.75 Å². The van der Waals surface area contributed by atoms with E-state index in [0.29, 0.717) is 17.9 Å². The van der Waals surface area contributed by atoms with Gasteiger partial charge in [-0.1, -0.05) is 0 Å². The first-order valence-corrected chi connectivity index (χ1v) is 5.98. The summed E-state index contributed by atoms with van der Waals surface area (Å²) in [7, 11) is 0. The molecule has 3 rings (SSSR count). The predicted octanol–water partition coefficient (Wildman–Crippen LogP) is 1.38. The van der Waals surface area contributed by atoms with E-state index in [1.165, 1.54) is 12.1 Å². The molecular weight excluding hydrogens is 234 g/mol. The third-order valence-electron chi connectivity index (χ3n) is 3.53. The highest BCUT2D eigenvalue weighted by Gasteiger charge is 2.34. The summed E-state index contributed by atoms with van der Waals surface area (Å²) >= 11 is 0. The van der Waals surface area contributed by atoms with Crippen LogP contribution in [0, 0.1) is 0 Å². The van der Waals surface area contributed by atoms with Gasteiger partial charge in [0, 0.05) is 6.54 Å². The fourth-order valence-electron chi connectivity index (χ4n) is 2.57. The molecular formula is C13H13NO4. The Balaban J connectivity index is 2.05. The third kappa shape index (κ3) is 1.63. The Morgan fingerprint density at radius 3 is 3.06 bits per heavy atom. The molecule has 1 aromatic carbocycles. The lowest BCUT2D eigenvalue weighted by Gasteiger charge is -2.20. The number of benzene rings is 1. The minimum Gasteiger partial charge on any atom is -0.491 e. The average Bonchev–Trinajstić information content (AvgIpc) is 2.79. The maximum Gasteiger partial charge on any atom is 0.335 e. The van der Waals surface area contributed by atoms with Crippen LogP contribution < -0.4 is 4.74 Å². The van der Waals surface area contributed by atoms with Gasteiger partial charge in [-0.15, -0.1) is 0 Å². The molecule has 18 heavy (non-hydrogen) atoms. The quantitative estimate of drug-likeness (QED) is 0.814. The Hall–Kier alpha value is -2.04. The van der Waals surface area contributed by atoms with Gasteiger partial charge < -0.3 is 14.7 Å². The number of carbonyl (C=O) groups excluding carboxylic acids is 1. The lowest BCUT2D eigenvalue weighted by atomic mass is 10.1. The van der Waals surface area contributed by atoms with E-state index in [0.717, 1.165) is 19.4 Å². The fourth-order valence-corrected chi connectivity index (χ4v) is 2.57. The molecule has 0 aliphatic carbocycles. The molecule has 1 saturated heterocycles. The molecule has 0 radical (unpaired) electrons. The largest absolute Gasteiger partial charge is 0.491 e. The van der Waals surface area contributed by atoms with Gasteiger partial charge in [0.25, 0.3) is 5.91 Å². The van der Waals surface area contributed by atoms with Gasteiger partial charge >= 0.3 is 5.97 Å². The smallest absolute Gasteiger partial charge is 0.335 e. The molecule has 1 fully saturated rings. The first-order valence-electron chi connectivity index (χ1n) is 5.98. The Bertz CT molecular complexity index is 526. The number of carboxylic acid groups (broad SMARTS) is 1. The molecule has 1 amide bonds. The van der Waals surface area contributed by atoms with E-state index in [-0.39, 0.29) is 17.5 Å². The highest BCUT2D eigenvalue weighted by Crippen LogP contribution is 2.30. The molecule has 1 aromatic rings. The van der Waals surface area contributed by atoms with E-state index in [2.05, 4.69) is 0 Å². The van der Waals surface area contributed by atoms with Crippen LogP contribution in [0.2, 0.25) is 0 Å². The van der Waals surface area contributed by atoms with Crippen molar-refractivity contribution in [2.45, 2.75) is 18.9 Å². The monoisotopic (exact) mass is 247 g/mol. The van der Waals surface area contributed by atoms with Crippen molar-refractivity contribution in [1.82, 2.24) is 4.90 Å². The van der Waals surface area contributed by atoms with Gasteiger partial charge in [-0.3, -0.25) is 4.79 Å². The van der Waals surface area contributed by atoms with Crippen LogP contribution in [0.3, 0.4) is 0 Å². The highest BCUT2D eigenvalue weighted by molar-refractivity contribution is 6.00. The molecule has 2 heterocycles. The van der Waals surface area contributed by atoms with Crippen molar-refractivity contribution in [1.29, 1.82) is 0 Å². The zero-order valence-electron chi connectivity index (χ0n) is 9.76. The van der Waals surface area contributed by atoms with Crippen molar-refractivity contribution < 1.29 is 19.4 Å². The molecule has 1 atom stereocenters. The standard InChI is InChI=1S/C13H13NO4/c15-12-10-6-8(13(16)17)3-4-11(10)18-7-9-2-1-5-14(9)12/h3-4,6,9H,1-2,5,7H2,(H,16,17)/t9-/m0/s1. The molecule has 5 nitrogen and oxygen atoms in total. The number of carboxylic acids is 1. The SMILES string of the molecule is O=C(O)c1ccc2c(c1)C(=O)N1CCC[C@H]1CO2. The molecule has 0 aromatic heterocycles. The second-order valence-corrected chi connectivity index (χ2v) is 4.62. The van der Waals surface area contributed by atoms with Crippen LogP contribution in [-0.4, -0.2) is 41.1 Å². The number of amides is 1. The lowest BCUT2D eigenvalue weighted by Crippen LogP contribution is -2.36. The van der Waals surface area contributed by atoms with E-state index >= 15 is 0 Å². The fraction of sp³-hybridized carbons (Fsp3) is 0.385. The van der Waals surface area contributed by atoms with E-state index in [1.54, 1.807) is 11.0 Å². The topological polar surface area (TPSA) is 66.8 Å². The Morgan fingerprint density at radius 1 is 1.44 bits per heavy atom. The first kappa shape index (κ1) is 11.1. The molecule has 0 bridgehead atoms. The molecule has 2 aliphatic rings. The van der Waals surface area contributed by atoms with Gasteiger partial charge in [0.2, 0.25) is 0 Å². The predicted molar refractivity (Wildman–Crippen MR) is 63.0 cm³/mol. The summed E-state index contributed by atoms with van der Waals surface area (Å²) in [6, 6.07) is 4.56. The van der Waals surface area contributed by atoms with Crippen LogP contribution >= 0.6 is 0 Å². The first-order chi connectivity index (χ1) is 8.66. The van der Waals surface area contributed by atoms with E-state index in [4.69, 9.17) is 9.84 Å². The van der Waals surface area contributed by atoms with Crippen molar-refractivity contribution >= 4 is 11.9 Å². The van der Waals surface area contributed by atoms with Gasteiger partial charge in [0.05, 0.1) is 17.2 Å². The molecule has 94 valence electrons. The summed E-state index contributed by atoms with van der Waals surface area (Å²) in [6.45, 7) is 1.22. The van der Waals surface area contributed by atoms with Crippen molar-refractivity contribution in [2.75, 3.05) is 13.2 Å². The zero-order chi connectivity index (χ0) is 12.7. The highest BCUT2D eigenvalue weighted by atomic mass is 16.5. The summed E-state index contributed by atoms with van der Waals surface area (Å²) < 4.78 is 5.61. The van der Waals surface area contributed by atoms with Gasteiger partial charge in [-0.05, 0) is 31.0 Å². The molecule has 0 saturated carbocycles. The van der Waals surface area contributed by atoms with Crippen LogP contribution in [0.15, 0.2) is 18.2 Å². The number of aromatic carboxylic acids is 1. The Morgan fingerprint density at radius 2 is 2.28 bits per heavy atom. The van der Waals surface area contributed by atoms with Crippen molar-refractivity contribution in [3.05, 3.63) is 29.3 Å². The summed E-state index contributed by atoms with van der Waals surface area (Å²) in [5, 5.41) is 8.96. The number of hydrogen-bond acceptors (Lipinski definition) is 3. The Kier molecular flexibility index (Phi) is 2.47. The normalized spacial score (nSPS) is 21.9. The summed E-state index contributed by atoms with van der Waals surface area (Å²) in [4.78, 5) is 25.1. The van der Waals surface area contributed by atoms with Gasteiger partial charge in [0.15, 0.2) is 0 Å². The van der Waals surface area contributed by atoms with Crippen molar-refractivity contribution in [3.63, 3.8) is 0 Å². The van der Waals surface area contributed by atoms with Crippen molar-refractivity contribution in [3.8, 4) is 5.75 Å². The van der Waals surface area contributed by atoms with E-state index in [1.807, 2.05) is 0 Å². The second kappa shape index (κ2) is 4.01. The minimum atomic E-state index is -1.03. The number of ether oxygens (including phenoxy) is 1. The maximum atomic E-state index is 12.3. The number of carbonyl (C=O) groups is 2. The molecule has 1 N–H and O–H groups in total. The molecule has 5 heteroatoms. The van der Waals surface area contributed by atoms with Gasteiger partial charge in [0.1, 0.15) is 12.4 Å². The van der Waals surface area contributed by atoms with Crippen LogP contribution in [0.1, 0.15) is 33.6 Å². The summed E-state index contributed by atoms with van der Waals surface area (Å²) in [5.74, 6) is -0.666. The number of rotatable bonds is 1. The average molecular weight is 247 g/mol. The third-order valence-corrected chi connectivity index (χ3v) is 3.53. The number of hydrogen-bond donors (Lipinski definition) is 1. The lowest BCUT2D eigenvalue weighted by molar-refractivity contribution is 0.0696. The summed E-state index contributed by atoms with van der Waals surface area (Å²) in [6.07, 6.45) is 1.93. The number of fused-ring (bicyclic) bond motifs is 2. The minimum absolute atomic E-state index is 0.114. The van der Waals surface area contributed by atoms with Gasteiger partial charge in [-0.2, -0.15) is 0 Å². The second-order valence-electron chi connectivity index (χ2n) is 4.62. The molecule has 2 aliphatic heterocycles. The van der Waals surface area contributed by atoms with Crippen LogP contribution in [0.25, 0.3) is 0 Å². The zero-order valence-corrected chi connectivity index (χ0v) is 9.76. The van der Waals surface area contributed by atoms with Crippen LogP contribution in [-0.2, 0) is 0 Å². The summed E-state index contributed by atoms with van der Waals surface area (Å²) in [5.41, 5.74) is 0.475. The van der Waals surface area contributed by atoms with E-state index in [9.17, 15) is 9.59 Å². The van der Waals surface area contributed by atoms with Crippen molar-refractivity contribution in [2.24, 2.45) is 0 Å².